The summed E-state index contributed by atoms with van der Waals surface area (Å²) in [5, 5.41) is 3.43. The number of hydrogen-bond acceptors (Lipinski definition) is 2. The molecule has 0 radical (unpaired) electrons. The highest BCUT2D eigenvalue weighted by Crippen LogP contribution is 2.33. The normalized spacial score (nSPS) is 14.6. The van der Waals surface area contributed by atoms with Crippen LogP contribution in [0.5, 0.6) is 0 Å². The second-order valence-corrected chi connectivity index (χ2v) is 6.75. The largest absolute Gasteiger partial charge is 0.383 e. The molecule has 1 rings (SSSR count). The van der Waals surface area contributed by atoms with Crippen LogP contribution < -0.4 is 5.32 Å². The molecule has 0 fully saturated rings. The molecule has 0 saturated heterocycles. The molecule has 0 spiro atoms. The minimum absolute atomic E-state index is 0.0735. The summed E-state index contributed by atoms with van der Waals surface area (Å²) in [6.45, 7) is 9.10. The van der Waals surface area contributed by atoms with Gasteiger partial charge in [-0.15, -0.1) is 0 Å². The topological polar surface area (TPSA) is 21.3 Å². The van der Waals surface area contributed by atoms with Crippen molar-refractivity contribution in [3.63, 3.8) is 0 Å². The molecule has 1 atom stereocenters. The van der Waals surface area contributed by atoms with Crippen molar-refractivity contribution in [1.82, 2.24) is 5.32 Å². The Kier molecular flexibility index (Phi) is 7.13. The van der Waals surface area contributed by atoms with Gasteiger partial charge < -0.3 is 10.1 Å². The minimum atomic E-state index is -0.179. The molecule has 1 unspecified atom stereocenters. The zero-order chi connectivity index (χ0) is 15.2. The zero-order valence-corrected chi connectivity index (χ0v) is 14.4. The van der Waals surface area contributed by atoms with Crippen molar-refractivity contribution in [2.75, 3.05) is 26.8 Å². The first kappa shape index (κ1) is 17.6. The Labute approximate surface area is 130 Å². The van der Waals surface area contributed by atoms with E-state index >= 15 is 0 Å². The lowest BCUT2D eigenvalue weighted by molar-refractivity contribution is 0.175. The second-order valence-electron chi connectivity index (χ2n) is 5.89. The molecule has 0 amide bonds. The molecule has 2 nitrogen and oxygen atoms in total. The van der Waals surface area contributed by atoms with Crippen LogP contribution >= 0.6 is 15.9 Å². The Bertz CT molecular complexity index is 425. The van der Waals surface area contributed by atoms with Crippen LogP contribution in [-0.2, 0) is 11.2 Å². The second kappa shape index (κ2) is 8.11. The summed E-state index contributed by atoms with van der Waals surface area (Å²) in [7, 11) is 1.70. The van der Waals surface area contributed by atoms with Gasteiger partial charge in [-0.05, 0) is 41.5 Å². The Morgan fingerprint density at radius 3 is 2.70 bits per heavy atom. The minimum Gasteiger partial charge on any atom is -0.383 e. The van der Waals surface area contributed by atoms with E-state index < -0.39 is 0 Å². The van der Waals surface area contributed by atoms with Gasteiger partial charge in [-0.25, -0.2) is 4.39 Å². The fourth-order valence-electron chi connectivity index (χ4n) is 2.13. The predicted molar refractivity (Wildman–Crippen MR) is 85.5 cm³/mol. The van der Waals surface area contributed by atoms with E-state index in [1.807, 2.05) is 0 Å². The molecule has 0 aliphatic heterocycles. The van der Waals surface area contributed by atoms with Crippen LogP contribution in [0.4, 0.5) is 4.39 Å². The first-order valence-corrected chi connectivity index (χ1v) is 7.82. The van der Waals surface area contributed by atoms with Crippen LogP contribution in [0.15, 0.2) is 22.7 Å². The van der Waals surface area contributed by atoms with Crippen molar-refractivity contribution < 1.29 is 9.13 Å². The number of halogens is 2. The van der Waals surface area contributed by atoms with Gasteiger partial charge in [0.2, 0.25) is 0 Å². The molecule has 0 aliphatic carbocycles. The van der Waals surface area contributed by atoms with E-state index in [1.54, 1.807) is 19.2 Å². The maximum atomic E-state index is 13.4. The molecule has 4 heteroatoms. The molecule has 1 aromatic carbocycles. The van der Waals surface area contributed by atoms with E-state index in [4.69, 9.17) is 4.74 Å². The lowest BCUT2D eigenvalue weighted by Crippen LogP contribution is -2.39. The van der Waals surface area contributed by atoms with Crippen LogP contribution in [-0.4, -0.2) is 26.8 Å². The third kappa shape index (κ3) is 5.15. The van der Waals surface area contributed by atoms with E-state index in [0.29, 0.717) is 12.5 Å². The highest BCUT2D eigenvalue weighted by molar-refractivity contribution is 9.10. The first-order valence-electron chi connectivity index (χ1n) is 7.02. The predicted octanol–water partition coefficient (Wildman–Crippen LogP) is 4.03. The molecule has 20 heavy (non-hydrogen) atoms. The number of benzene rings is 1. The molecule has 0 aromatic heterocycles. The molecule has 1 N–H and O–H groups in total. The number of methoxy groups -OCH3 is 1. The summed E-state index contributed by atoms with van der Waals surface area (Å²) in [5.41, 5.74) is 1.10. The van der Waals surface area contributed by atoms with Crippen molar-refractivity contribution in [3.05, 3.63) is 34.1 Å². The van der Waals surface area contributed by atoms with Gasteiger partial charge in [-0.2, -0.15) is 0 Å². The average Bonchev–Trinajstić information content (AvgIpc) is 2.39. The van der Waals surface area contributed by atoms with Gasteiger partial charge in [-0.3, -0.25) is 0 Å². The summed E-state index contributed by atoms with van der Waals surface area (Å²) in [5.74, 6) is 0.314. The van der Waals surface area contributed by atoms with Crippen molar-refractivity contribution in [2.24, 2.45) is 11.3 Å². The highest BCUT2D eigenvalue weighted by atomic mass is 79.9. The molecule has 114 valence electrons. The van der Waals surface area contributed by atoms with Gasteiger partial charge >= 0.3 is 0 Å². The smallest absolute Gasteiger partial charge is 0.123 e. The highest BCUT2D eigenvalue weighted by Gasteiger charge is 2.29. The molecule has 0 aliphatic rings. The van der Waals surface area contributed by atoms with Crippen molar-refractivity contribution >= 4 is 15.9 Å². The fourth-order valence-corrected chi connectivity index (χ4v) is 2.52. The molecule has 1 aromatic rings. The van der Waals surface area contributed by atoms with Gasteiger partial charge in [-0.1, -0.05) is 36.7 Å². The Morgan fingerprint density at radius 1 is 1.40 bits per heavy atom. The maximum absolute atomic E-state index is 13.4. The molecule has 0 saturated carbocycles. The Hall–Kier alpha value is -0.450. The third-order valence-electron chi connectivity index (χ3n) is 4.01. The summed E-state index contributed by atoms with van der Waals surface area (Å²) in [6.07, 6.45) is 0.836. The average molecular weight is 346 g/mol. The van der Waals surface area contributed by atoms with Crippen molar-refractivity contribution in [3.8, 4) is 0 Å². The Balaban J connectivity index is 2.77. The Morgan fingerprint density at radius 2 is 2.10 bits per heavy atom. The molecule has 0 heterocycles. The number of rotatable bonds is 8. The molecular weight excluding hydrogens is 321 g/mol. The van der Waals surface area contributed by atoms with E-state index in [2.05, 4.69) is 42.0 Å². The lowest BCUT2D eigenvalue weighted by Gasteiger charge is -2.35. The standard InChI is InChI=1S/C16H25BrFNO/c1-12(2)16(3,11-19-7-8-20-4)10-13-9-14(18)5-6-15(13)17/h5-6,9,12,19H,7-8,10-11H2,1-4H3. The van der Waals surface area contributed by atoms with Crippen LogP contribution in [0.3, 0.4) is 0 Å². The van der Waals surface area contributed by atoms with Gasteiger partial charge in [0.15, 0.2) is 0 Å². The van der Waals surface area contributed by atoms with Gasteiger partial charge in [0.05, 0.1) is 6.61 Å². The summed E-state index contributed by atoms with van der Waals surface area (Å²) >= 11 is 3.52. The van der Waals surface area contributed by atoms with Crippen LogP contribution in [0.25, 0.3) is 0 Å². The quantitative estimate of drug-likeness (QED) is 0.718. The monoisotopic (exact) mass is 345 g/mol. The van der Waals surface area contributed by atoms with Gasteiger partial charge in [0.1, 0.15) is 5.82 Å². The maximum Gasteiger partial charge on any atom is 0.123 e. The summed E-state index contributed by atoms with van der Waals surface area (Å²) < 4.78 is 19.4. The van der Waals surface area contributed by atoms with Crippen LogP contribution in [0.1, 0.15) is 26.3 Å². The van der Waals surface area contributed by atoms with Crippen molar-refractivity contribution in [2.45, 2.75) is 27.2 Å². The number of hydrogen-bond donors (Lipinski definition) is 1. The van der Waals surface area contributed by atoms with E-state index in [-0.39, 0.29) is 11.2 Å². The SMILES string of the molecule is COCCNCC(C)(Cc1cc(F)ccc1Br)C(C)C. The third-order valence-corrected chi connectivity index (χ3v) is 4.78. The van der Waals surface area contributed by atoms with Crippen molar-refractivity contribution in [1.29, 1.82) is 0 Å². The van der Waals surface area contributed by atoms with Gasteiger partial charge in [0, 0.05) is 24.7 Å². The lowest BCUT2D eigenvalue weighted by atomic mass is 9.74. The van der Waals surface area contributed by atoms with Crippen LogP contribution in [0.2, 0.25) is 0 Å². The van der Waals surface area contributed by atoms with Crippen LogP contribution in [0, 0.1) is 17.2 Å². The van der Waals surface area contributed by atoms with E-state index in [1.165, 1.54) is 6.07 Å². The zero-order valence-electron chi connectivity index (χ0n) is 12.8. The first-order chi connectivity index (χ1) is 9.39. The number of ether oxygens (including phenoxy) is 1. The van der Waals surface area contributed by atoms with Gasteiger partial charge in [0.25, 0.3) is 0 Å². The van der Waals surface area contributed by atoms with E-state index in [9.17, 15) is 4.39 Å². The van der Waals surface area contributed by atoms with E-state index in [0.717, 1.165) is 29.5 Å². The number of nitrogens with one attached hydrogen (secondary N) is 1. The molecule has 0 bridgehead atoms. The summed E-state index contributed by atoms with van der Waals surface area (Å²) in [6, 6.07) is 4.89. The summed E-state index contributed by atoms with van der Waals surface area (Å²) in [4.78, 5) is 0. The molecular formula is C16H25BrFNO. The fraction of sp³-hybridized carbons (Fsp3) is 0.625.